The van der Waals surface area contributed by atoms with Crippen molar-refractivity contribution < 1.29 is 23.7 Å². The van der Waals surface area contributed by atoms with Crippen molar-refractivity contribution in [3.05, 3.63) is 216 Å². The van der Waals surface area contributed by atoms with E-state index in [0.717, 1.165) is 39.1 Å². The Morgan fingerprint density at radius 1 is 0.645 bits per heavy atom. The first-order chi connectivity index (χ1) is 30.6. The lowest BCUT2D eigenvalue weighted by Gasteiger charge is -2.37. The summed E-state index contributed by atoms with van der Waals surface area (Å²) in [5.41, 5.74) is 5.80. The number of anilines is 1. The summed E-state index contributed by atoms with van der Waals surface area (Å²) in [7, 11) is 1.66. The second kappa shape index (κ2) is 18.6. The minimum Gasteiger partial charge on any atom is -0.497 e. The third kappa shape index (κ3) is 8.56. The summed E-state index contributed by atoms with van der Waals surface area (Å²) >= 11 is 0. The largest absolute Gasteiger partial charge is 0.497 e. The van der Waals surface area contributed by atoms with Gasteiger partial charge in [0.05, 0.1) is 39.3 Å². The zero-order valence-corrected chi connectivity index (χ0v) is 34.4. The Kier molecular flexibility index (Phi) is 12.1. The maximum Gasteiger partial charge on any atom is 0.247 e. The number of imidazole rings is 1. The molecule has 1 aliphatic rings. The van der Waals surface area contributed by atoms with Crippen LogP contribution in [0.1, 0.15) is 45.8 Å². The number of carbonyl (C=O) groups is 1. The average molecular weight is 822 g/mol. The fourth-order valence-corrected chi connectivity index (χ4v) is 8.34. The summed E-state index contributed by atoms with van der Waals surface area (Å²) in [6.07, 6.45) is 1.43. The number of fused-ring (bicyclic) bond motifs is 1. The number of hydrogen-bond acceptors (Lipinski definition) is 9. The number of nitrogens with one attached hydrogen (secondary N) is 1. The average Bonchev–Trinajstić information content (AvgIpc) is 3.90. The van der Waals surface area contributed by atoms with E-state index in [1.807, 2.05) is 156 Å². The lowest BCUT2D eigenvalue weighted by Crippen LogP contribution is -2.38. The highest BCUT2D eigenvalue weighted by Gasteiger charge is 2.45. The number of rotatable bonds is 17. The molecule has 0 amide bonds. The molecule has 0 radical (unpaired) electrons. The SMILES string of the molecule is COc1ccc(C(Nc2nc(OCc3ccccc3)c3ncn([C@@H]4C[C@H](COCc5ccccc5)[C@@H](OCc5ccccc5)C4=O)c3n2)(c2ccccc2)c2ccccc2)cc1. The molecule has 0 bridgehead atoms. The van der Waals surface area contributed by atoms with Gasteiger partial charge in [-0.15, -0.1) is 0 Å². The fourth-order valence-electron chi connectivity index (χ4n) is 8.34. The minimum absolute atomic E-state index is 0.0606. The Morgan fingerprint density at radius 3 is 1.76 bits per heavy atom. The van der Waals surface area contributed by atoms with Crippen LogP contribution in [0.4, 0.5) is 5.95 Å². The summed E-state index contributed by atoms with van der Waals surface area (Å²) in [4.78, 5) is 29.8. The Labute approximate surface area is 361 Å². The molecule has 62 heavy (non-hydrogen) atoms. The summed E-state index contributed by atoms with van der Waals surface area (Å²) in [5.74, 6) is 1.03. The number of aromatic nitrogens is 4. The normalized spacial score (nSPS) is 16.3. The Balaban J connectivity index is 1.13. The van der Waals surface area contributed by atoms with Gasteiger partial charge in [0.25, 0.3) is 0 Å². The maximum absolute atomic E-state index is 14.7. The summed E-state index contributed by atoms with van der Waals surface area (Å²) in [6.45, 7) is 1.32. The van der Waals surface area contributed by atoms with E-state index in [1.165, 1.54) is 0 Å². The molecule has 1 N–H and O–H groups in total. The first-order valence-electron chi connectivity index (χ1n) is 20.8. The smallest absolute Gasteiger partial charge is 0.247 e. The van der Waals surface area contributed by atoms with Gasteiger partial charge in [-0.05, 0) is 51.9 Å². The standard InChI is InChI=1S/C52H47N5O5/c1-59-44-29-27-43(28-30-44)52(41-23-13-5-14-24-41,42-25-15-6-16-26-42)56-51-54-49-46(50(55-51)62-34-39-21-11-4-12-22-39)53-36-57(49)45-31-40(35-60-32-37-17-7-2-8-18-37)48(47(45)58)61-33-38-19-9-3-10-20-38/h2-30,36,40,45,48H,31-35H2,1H3,(H,54,55,56)/t40-,45-,48-/m1/s1. The molecule has 10 nitrogen and oxygen atoms in total. The van der Waals surface area contributed by atoms with Crippen molar-refractivity contribution in [2.45, 2.75) is 43.9 Å². The molecule has 0 spiro atoms. The fraction of sp³-hybridized carbons (Fsp3) is 0.192. The molecule has 0 saturated heterocycles. The van der Waals surface area contributed by atoms with Gasteiger partial charge in [-0.2, -0.15) is 9.97 Å². The molecule has 9 rings (SSSR count). The molecule has 8 aromatic rings. The second-order valence-electron chi connectivity index (χ2n) is 15.4. The minimum atomic E-state index is -0.981. The van der Waals surface area contributed by atoms with Crippen LogP contribution in [0, 0.1) is 5.92 Å². The molecule has 6 aromatic carbocycles. The van der Waals surface area contributed by atoms with Gasteiger partial charge in [0.15, 0.2) is 16.9 Å². The van der Waals surface area contributed by atoms with Crippen molar-refractivity contribution in [3.8, 4) is 11.6 Å². The van der Waals surface area contributed by atoms with Crippen LogP contribution in [-0.4, -0.2) is 45.1 Å². The molecule has 310 valence electrons. The van der Waals surface area contributed by atoms with Crippen LogP contribution < -0.4 is 14.8 Å². The molecule has 2 aromatic heterocycles. The number of methoxy groups -OCH3 is 1. The number of nitrogens with zero attached hydrogens (tertiary/aromatic N) is 4. The van der Waals surface area contributed by atoms with Gasteiger partial charge in [0, 0.05) is 5.92 Å². The highest BCUT2D eigenvalue weighted by Crippen LogP contribution is 2.42. The number of carbonyl (C=O) groups excluding carboxylic acids is 1. The van der Waals surface area contributed by atoms with Crippen LogP contribution in [0.2, 0.25) is 0 Å². The van der Waals surface area contributed by atoms with E-state index in [0.29, 0.717) is 37.4 Å². The van der Waals surface area contributed by atoms with Crippen LogP contribution in [0.25, 0.3) is 11.2 Å². The summed E-state index contributed by atoms with van der Waals surface area (Å²) in [5, 5.41) is 3.81. The molecular formula is C52H47N5O5. The molecule has 1 fully saturated rings. The van der Waals surface area contributed by atoms with Crippen molar-refractivity contribution in [2.24, 2.45) is 5.92 Å². The molecule has 1 saturated carbocycles. The van der Waals surface area contributed by atoms with Crippen LogP contribution >= 0.6 is 0 Å². The molecule has 0 aliphatic heterocycles. The molecule has 10 heteroatoms. The third-order valence-corrected chi connectivity index (χ3v) is 11.5. The highest BCUT2D eigenvalue weighted by atomic mass is 16.5. The van der Waals surface area contributed by atoms with Crippen LogP contribution in [0.5, 0.6) is 11.6 Å². The van der Waals surface area contributed by atoms with Crippen LogP contribution in [0.15, 0.2) is 182 Å². The zero-order valence-electron chi connectivity index (χ0n) is 34.4. The lowest BCUT2D eigenvalue weighted by atomic mass is 9.77. The van der Waals surface area contributed by atoms with E-state index >= 15 is 0 Å². The van der Waals surface area contributed by atoms with Gasteiger partial charge in [0.1, 0.15) is 24.0 Å². The first kappa shape index (κ1) is 40.3. The van der Waals surface area contributed by atoms with Gasteiger partial charge in [-0.3, -0.25) is 4.79 Å². The van der Waals surface area contributed by atoms with Crippen molar-refractivity contribution in [3.63, 3.8) is 0 Å². The van der Waals surface area contributed by atoms with E-state index in [9.17, 15) is 4.79 Å². The monoisotopic (exact) mass is 821 g/mol. The van der Waals surface area contributed by atoms with E-state index in [1.54, 1.807) is 13.4 Å². The predicted molar refractivity (Wildman–Crippen MR) is 239 cm³/mol. The number of benzene rings is 6. The van der Waals surface area contributed by atoms with E-state index < -0.39 is 17.7 Å². The van der Waals surface area contributed by atoms with Gasteiger partial charge in [-0.1, -0.05) is 164 Å². The zero-order chi connectivity index (χ0) is 42.1. The number of ketones is 1. The summed E-state index contributed by atoms with van der Waals surface area (Å²) in [6, 6.07) is 57.7. The molecular weight excluding hydrogens is 775 g/mol. The lowest BCUT2D eigenvalue weighted by molar-refractivity contribution is -0.133. The van der Waals surface area contributed by atoms with Gasteiger partial charge in [0.2, 0.25) is 11.8 Å². The molecule has 0 unspecified atom stereocenters. The predicted octanol–water partition coefficient (Wildman–Crippen LogP) is 9.75. The topological polar surface area (TPSA) is 110 Å². The van der Waals surface area contributed by atoms with E-state index in [-0.39, 0.29) is 30.1 Å². The van der Waals surface area contributed by atoms with Crippen molar-refractivity contribution in [1.82, 2.24) is 19.5 Å². The Hall–Kier alpha value is -7.14. The maximum atomic E-state index is 14.7. The first-order valence-corrected chi connectivity index (χ1v) is 20.8. The Morgan fingerprint density at radius 2 is 1.18 bits per heavy atom. The van der Waals surface area contributed by atoms with Crippen LogP contribution in [0.3, 0.4) is 0 Å². The van der Waals surface area contributed by atoms with Crippen molar-refractivity contribution in [1.29, 1.82) is 0 Å². The van der Waals surface area contributed by atoms with Crippen molar-refractivity contribution >= 4 is 22.9 Å². The second-order valence-corrected chi connectivity index (χ2v) is 15.4. The molecule has 1 aliphatic carbocycles. The number of ether oxygens (including phenoxy) is 4. The van der Waals surface area contributed by atoms with E-state index in [2.05, 4.69) is 29.6 Å². The van der Waals surface area contributed by atoms with Crippen molar-refractivity contribution in [2.75, 3.05) is 19.0 Å². The van der Waals surface area contributed by atoms with E-state index in [4.69, 9.17) is 33.9 Å². The number of hydrogen-bond donors (Lipinski definition) is 1. The third-order valence-electron chi connectivity index (χ3n) is 11.5. The van der Waals surface area contributed by atoms with Gasteiger partial charge in [-0.25, -0.2) is 4.98 Å². The quantitative estimate of drug-likeness (QED) is 0.0899. The molecule has 2 heterocycles. The Bertz CT molecular complexity index is 2640. The highest BCUT2D eigenvalue weighted by molar-refractivity contribution is 5.91. The van der Waals surface area contributed by atoms with Gasteiger partial charge >= 0.3 is 0 Å². The van der Waals surface area contributed by atoms with Gasteiger partial charge < -0.3 is 28.8 Å². The summed E-state index contributed by atoms with van der Waals surface area (Å²) < 4.78 is 26.7. The number of Topliss-reactive ketones (excluding diaryl/α,β-unsaturated/α-hetero) is 1. The molecule has 3 atom stereocenters. The van der Waals surface area contributed by atoms with Crippen LogP contribution in [-0.2, 0) is 39.6 Å².